The zero-order valence-electron chi connectivity index (χ0n) is 13.5. The van der Waals surface area contributed by atoms with E-state index in [9.17, 15) is 9.59 Å². The summed E-state index contributed by atoms with van der Waals surface area (Å²) < 4.78 is 0. The second-order valence-electron chi connectivity index (χ2n) is 5.81. The third-order valence-electron chi connectivity index (χ3n) is 3.90. The fraction of sp³-hybridized carbons (Fsp3) is 0.353. The number of carbonyl (C=O) groups is 2. The minimum Gasteiger partial charge on any atom is -0.338 e. The van der Waals surface area contributed by atoms with Gasteiger partial charge in [-0.1, -0.05) is 12.1 Å². The molecule has 1 aromatic heterocycles. The van der Waals surface area contributed by atoms with Crippen molar-refractivity contribution in [2.75, 3.05) is 11.9 Å². The minimum atomic E-state index is -0.271. The van der Waals surface area contributed by atoms with Crippen LogP contribution >= 0.6 is 11.3 Å². The molecule has 3 rings (SSSR count). The molecule has 2 aromatic rings. The van der Waals surface area contributed by atoms with Gasteiger partial charge in [0.2, 0.25) is 5.91 Å². The number of rotatable bonds is 5. The number of carbonyl (C=O) groups excluding carboxylic acids is 2. The highest BCUT2D eigenvalue weighted by Gasteiger charge is 2.20. The number of aromatic nitrogens is 1. The number of nitrogens with one attached hydrogen (secondary N) is 2. The Hall–Kier alpha value is -2.41. The van der Waals surface area contributed by atoms with Gasteiger partial charge in [0.25, 0.3) is 0 Å². The van der Waals surface area contributed by atoms with Crippen molar-refractivity contribution >= 4 is 29.0 Å². The normalized spacial score (nSPS) is 15.4. The summed E-state index contributed by atoms with van der Waals surface area (Å²) in [5.41, 5.74) is 1.72. The number of hydrogen-bond donors (Lipinski definition) is 2. The highest BCUT2D eigenvalue weighted by Crippen LogP contribution is 2.18. The highest BCUT2D eigenvalue weighted by molar-refractivity contribution is 7.09. The van der Waals surface area contributed by atoms with E-state index >= 15 is 0 Å². The predicted molar refractivity (Wildman–Crippen MR) is 93.8 cm³/mol. The summed E-state index contributed by atoms with van der Waals surface area (Å²) in [7, 11) is 0. The summed E-state index contributed by atoms with van der Waals surface area (Å²) in [5, 5.41) is 8.45. The number of hydrogen-bond acceptors (Lipinski definition) is 4. The lowest BCUT2D eigenvalue weighted by molar-refractivity contribution is -0.128. The van der Waals surface area contributed by atoms with Crippen LogP contribution in [-0.4, -0.2) is 28.4 Å². The Morgan fingerprint density at radius 3 is 3.04 bits per heavy atom. The molecule has 1 saturated heterocycles. The number of likely N-dealkylation sites (tertiary alicyclic amines) is 1. The van der Waals surface area contributed by atoms with E-state index in [1.165, 1.54) is 11.3 Å². The van der Waals surface area contributed by atoms with Gasteiger partial charge in [0, 0.05) is 36.8 Å². The van der Waals surface area contributed by atoms with Crippen LogP contribution in [0.5, 0.6) is 0 Å². The van der Waals surface area contributed by atoms with Crippen molar-refractivity contribution in [3.05, 3.63) is 46.4 Å². The molecule has 1 aromatic carbocycles. The molecular formula is C17H20N4O2S. The maximum Gasteiger partial charge on any atom is 0.319 e. The van der Waals surface area contributed by atoms with E-state index in [4.69, 9.17) is 0 Å². The lowest BCUT2D eigenvalue weighted by Gasteiger charge is -2.16. The lowest BCUT2D eigenvalue weighted by atomic mass is 10.2. The Labute approximate surface area is 144 Å². The molecule has 0 radical (unpaired) electrons. The largest absolute Gasteiger partial charge is 0.338 e. The van der Waals surface area contributed by atoms with E-state index in [1.807, 2.05) is 41.5 Å². The molecule has 1 aliphatic rings. The molecule has 0 bridgehead atoms. The van der Waals surface area contributed by atoms with Crippen LogP contribution in [0.25, 0.3) is 0 Å². The SMILES string of the molecule is CC(NC(=O)Nc1cccc(CN2CCCC2=O)c1)c1nccs1. The van der Waals surface area contributed by atoms with Crippen LogP contribution in [-0.2, 0) is 11.3 Å². The third kappa shape index (κ3) is 4.11. The molecule has 0 aliphatic carbocycles. The molecule has 1 fully saturated rings. The second kappa shape index (κ2) is 7.44. The topological polar surface area (TPSA) is 74.3 Å². The second-order valence-corrected chi connectivity index (χ2v) is 6.74. The Bertz CT molecular complexity index is 717. The van der Waals surface area contributed by atoms with Crippen molar-refractivity contribution in [3.63, 3.8) is 0 Å². The molecule has 6 nitrogen and oxygen atoms in total. The number of urea groups is 1. The van der Waals surface area contributed by atoms with E-state index in [0.717, 1.165) is 23.5 Å². The van der Waals surface area contributed by atoms with Gasteiger partial charge in [0.05, 0.1) is 6.04 Å². The summed E-state index contributed by atoms with van der Waals surface area (Å²) >= 11 is 1.51. The van der Waals surface area contributed by atoms with Crippen LogP contribution in [0.4, 0.5) is 10.5 Å². The maximum absolute atomic E-state index is 12.1. The molecule has 24 heavy (non-hydrogen) atoms. The Balaban J connectivity index is 1.57. The summed E-state index contributed by atoms with van der Waals surface area (Å²) in [6.07, 6.45) is 3.28. The van der Waals surface area contributed by atoms with Crippen molar-refractivity contribution in [1.82, 2.24) is 15.2 Å². The first kappa shape index (κ1) is 16.4. The zero-order chi connectivity index (χ0) is 16.9. The summed E-state index contributed by atoms with van der Waals surface area (Å²) in [5.74, 6) is 0.198. The Morgan fingerprint density at radius 1 is 1.46 bits per heavy atom. The number of amides is 3. The summed E-state index contributed by atoms with van der Waals surface area (Å²) in [6.45, 7) is 3.29. The number of anilines is 1. The average molecular weight is 344 g/mol. The first-order valence-electron chi connectivity index (χ1n) is 7.95. The van der Waals surface area contributed by atoms with Crippen molar-refractivity contribution in [1.29, 1.82) is 0 Å². The molecule has 1 unspecified atom stereocenters. The van der Waals surface area contributed by atoms with Crippen LogP contribution in [0.2, 0.25) is 0 Å². The Morgan fingerprint density at radius 2 is 2.33 bits per heavy atom. The molecule has 2 heterocycles. The highest BCUT2D eigenvalue weighted by atomic mass is 32.1. The molecule has 7 heteroatoms. The van der Waals surface area contributed by atoms with Gasteiger partial charge in [-0.05, 0) is 31.0 Å². The first-order chi connectivity index (χ1) is 11.6. The van der Waals surface area contributed by atoms with E-state index < -0.39 is 0 Å². The molecule has 1 aliphatic heterocycles. The fourth-order valence-corrected chi connectivity index (χ4v) is 3.36. The maximum atomic E-state index is 12.1. The first-order valence-corrected chi connectivity index (χ1v) is 8.83. The molecule has 3 amide bonds. The van der Waals surface area contributed by atoms with Gasteiger partial charge in [-0.3, -0.25) is 4.79 Å². The van der Waals surface area contributed by atoms with Crippen LogP contribution < -0.4 is 10.6 Å². The third-order valence-corrected chi connectivity index (χ3v) is 4.86. The van der Waals surface area contributed by atoms with Crippen molar-refractivity contribution < 1.29 is 9.59 Å². The van der Waals surface area contributed by atoms with Crippen LogP contribution in [0.15, 0.2) is 35.8 Å². The molecule has 0 spiro atoms. The van der Waals surface area contributed by atoms with Crippen LogP contribution in [0.3, 0.4) is 0 Å². The van der Waals surface area contributed by atoms with Crippen LogP contribution in [0, 0.1) is 0 Å². The molecule has 0 saturated carbocycles. The van der Waals surface area contributed by atoms with E-state index in [-0.39, 0.29) is 18.0 Å². The van der Waals surface area contributed by atoms with Gasteiger partial charge in [-0.25, -0.2) is 9.78 Å². The quantitative estimate of drug-likeness (QED) is 0.875. The van der Waals surface area contributed by atoms with E-state index in [0.29, 0.717) is 18.7 Å². The Kier molecular flexibility index (Phi) is 5.10. The average Bonchev–Trinajstić information content (AvgIpc) is 3.20. The monoisotopic (exact) mass is 344 g/mol. The van der Waals surface area contributed by atoms with E-state index in [2.05, 4.69) is 15.6 Å². The van der Waals surface area contributed by atoms with Gasteiger partial charge in [-0.15, -0.1) is 11.3 Å². The fourth-order valence-electron chi connectivity index (χ4n) is 2.71. The molecule has 126 valence electrons. The zero-order valence-corrected chi connectivity index (χ0v) is 14.3. The molecular weight excluding hydrogens is 324 g/mol. The van der Waals surface area contributed by atoms with Crippen molar-refractivity contribution in [3.8, 4) is 0 Å². The predicted octanol–water partition coefficient (Wildman–Crippen LogP) is 3.15. The van der Waals surface area contributed by atoms with Crippen LogP contribution in [0.1, 0.15) is 36.4 Å². The smallest absolute Gasteiger partial charge is 0.319 e. The number of benzene rings is 1. The summed E-state index contributed by atoms with van der Waals surface area (Å²) in [4.78, 5) is 29.9. The summed E-state index contributed by atoms with van der Waals surface area (Å²) in [6, 6.07) is 7.17. The molecule has 2 N–H and O–H groups in total. The number of thiazole rings is 1. The van der Waals surface area contributed by atoms with Gasteiger partial charge in [0.1, 0.15) is 5.01 Å². The van der Waals surface area contributed by atoms with E-state index in [1.54, 1.807) is 6.20 Å². The van der Waals surface area contributed by atoms with Gasteiger partial charge >= 0.3 is 6.03 Å². The van der Waals surface area contributed by atoms with Gasteiger partial charge in [-0.2, -0.15) is 0 Å². The minimum absolute atomic E-state index is 0.143. The van der Waals surface area contributed by atoms with Crippen molar-refractivity contribution in [2.24, 2.45) is 0 Å². The number of nitrogens with zero attached hydrogens (tertiary/aromatic N) is 2. The van der Waals surface area contributed by atoms with Gasteiger partial charge in [0.15, 0.2) is 0 Å². The van der Waals surface area contributed by atoms with Gasteiger partial charge < -0.3 is 15.5 Å². The lowest BCUT2D eigenvalue weighted by Crippen LogP contribution is -2.31. The molecule has 1 atom stereocenters. The van der Waals surface area contributed by atoms with Crippen molar-refractivity contribution in [2.45, 2.75) is 32.4 Å². The standard InChI is InChI=1S/C17H20N4O2S/c1-12(16-18-7-9-24-16)19-17(23)20-14-5-2-4-13(10-14)11-21-8-3-6-15(21)22/h2,4-5,7,9-10,12H,3,6,8,11H2,1H3,(H2,19,20,23).